The zero-order valence-electron chi connectivity index (χ0n) is 15.4. The van der Waals surface area contributed by atoms with E-state index in [0.29, 0.717) is 18.5 Å². The van der Waals surface area contributed by atoms with E-state index >= 15 is 0 Å². The maximum Gasteiger partial charge on any atom is 0.329 e. The second-order valence-electron chi connectivity index (χ2n) is 6.62. The van der Waals surface area contributed by atoms with E-state index in [1.165, 1.54) is 6.92 Å². The molecule has 1 amide bonds. The lowest BCUT2D eigenvalue weighted by Crippen LogP contribution is -2.52. The number of hydrogen-bond acceptors (Lipinski definition) is 5. The highest BCUT2D eigenvalue weighted by Gasteiger charge is 2.35. The van der Waals surface area contributed by atoms with Gasteiger partial charge in [0, 0.05) is 11.6 Å². The number of carbonyl (C=O) groups is 2. The second kappa shape index (κ2) is 7.14. The number of hydrogen-bond donors (Lipinski definition) is 2. The molecule has 8 nitrogen and oxygen atoms in total. The van der Waals surface area contributed by atoms with Crippen molar-refractivity contribution in [3.8, 4) is 5.69 Å². The van der Waals surface area contributed by atoms with Gasteiger partial charge in [-0.2, -0.15) is 0 Å². The molecular formula is C19H21N5O3. The van der Waals surface area contributed by atoms with Gasteiger partial charge in [0.15, 0.2) is 5.69 Å². The summed E-state index contributed by atoms with van der Waals surface area (Å²) >= 11 is 0. The van der Waals surface area contributed by atoms with Crippen LogP contribution in [0.25, 0.3) is 16.6 Å². The molecule has 2 heterocycles. The van der Waals surface area contributed by atoms with Gasteiger partial charge in [-0.05, 0) is 44.5 Å². The molecule has 1 unspecified atom stereocenters. The van der Waals surface area contributed by atoms with Crippen molar-refractivity contribution in [3.63, 3.8) is 0 Å². The van der Waals surface area contributed by atoms with Crippen LogP contribution in [-0.4, -0.2) is 42.5 Å². The smallest absolute Gasteiger partial charge is 0.329 e. The van der Waals surface area contributed by atoms with E-state index in [9.17, 15) is 14.7 Å². The summed E-state index contributed by atoms with van der Waals surface area (Å²) in [7, 11) is 0. The molecule has 0 spiro atoms. The Morgan fingerprint density at radius 1 is 1.26 bits per heavy atom. The van der Waals surface area contributed by atoms with Crippen molar-refractivity contribution in [3.05, 3.63) is 47.9 Å². The lowest BCUT2D eigenvalue weighted by Gasteiger charge is -2.25. The Hall–Kier alpha value is -3.29. The molecule has 3 aromatic rings. The van der Waals surface area contributed by atoms with Crippen molar-refractivity contribution in [1.29, 1.82) is 0 Å². The maximum atomic E-state index is 12.7. The number of nitrogens with zero attached hydrogens (tertiary/aromatic N) is 4. The number of rotatable bonds is 6. The Morgan fingerprint density at radius 3 is 2.74 bits per heavy atom. The van der Waals surface area contributed by atoms with E-state index in [-0.39, 0.29) is 5.69 Å². The number of carboxylic acid groups (broad SMARTS) is 1. The van der Waals surface area contributed by atoms with Crippen LogP contribution < -0.4 is 5.32 Å². The second-order valence-corrected chi connectivity index (χ2v) is 6.62. The summed E-state index contributed by atoms with van der Waals surface area (Å²) in [4.78, 5) is 28.6. The van der Waals surface area contributed by atoms with E-state index in [1.54, 1.807) is 17.8 Å². The maximum absolute atomic E-state index is 12.7. The number of nitrogens with one attached hydrogen (secondary N) is 1. The Bertz CT molecular complexity index is 1010. The number of fused-ring (bicyclic) bond motifs is 1. The summed E-state index contributed by atoms with van der Waals surface area (Å²) in [5.41, 5.74) is 0.815. The fourth-order valence-corrected chi connectivity index (χ4v) is 3.07. The molecule has 0 saturated carbocycles. The summed E-state index contributed by atoms with van der Waals surface area (Å²) in [6.45, 7) is 5.08. The summed E-state index contributed by atoms with van der Waals surface area (Å²) in [6, 6.07) is 9.36. The van der Waals surface area contributed by atoms with Crippen molar-refractivity contribution in [1.82, 2.24) is 25.3 Å². The van der Waals surface area contributed by atoms with Gasteiger partial charge in [0.2, 0.25) is 0 Å². The summed E-state index contributed by atoms with van der Waals surface area (Å²) in [5, 5.41) is 21.0. The number of pyridine rings is 1. The highest BCUT2D eigenvalue weighted by Crippen LogP contribution is 2.22. The lowest BCUT2D eigenvalue weighted by molar-refractivity contribution is -0.144. The molecule has 0 aliphatic rings. The van der Waals surface area contributed by atoms with E-state index in [2.05, 4.69) is 20.6 Å². The number of aliphatic carboxylic acids is 1. The van der Waals surface area contributed by atoms with Crippen LogP contribution in [0.1, 0.15) is 42.9 Å². The van der Waals surface area contributed by atoms with Gasteiger partial charge < -0.3 is 10.4 Å². The predicted molar refractivity (Wildman–Crippen MR) is 99.8 cm³/mol. The van der Waals surface area contributed by atoms with Crippen LogP contribution in [0.5, 0.6) is 0 Å². The molecule has 0 radical (unpaired) electrons. The van der Waals surface area contributed by atoms with Gasteiger partial charge in [0.1, 0.15) is 5.54 Å². The van der Waals surface area contributed by atoms with Gasteiger partial charge in [-0.15, -0.1) is 5.10 Å². The Labute approximate surface area is 156 Å². The zero-order chi connectivity index (χ0) is 19.6. The molecule has 0 aliphatic heterocycles. The molecule has 1 atom stereocenters. The number of carboxylic acids is 1. The number of benzene rings is 1. The van der Waals surface area contributed by atoms with Crippen molar-refractivity contribution in [2.45, 2.75) is 39.2 Å². The first-order valence-electron chi connectivity index (χ1n) is 8.69. The fourth-order valence-electron chi connectivity index (χ4n) is 3.07. The number of carbonyl (C=O) groups excluding carboxylic acids is 1. The van der Waals surface area contributed by atoms with E-state index < -0.39 is 17.4 Å². The van der Waals surface area contributed by atoms with E-state index in [0.717, 1.165) is 16.6 Å². The average molecular weight is 367 g/mol. The topological polar surface area (TPSA) is 110 Å². The molecule has 8 heteroatoms. The van der Waals surface area contributed by atoms with Crippen molar-refractivity contribution < 1.29 is 14.7 Å². The van der Waals surface area contributed by atoms with Gasteiger partial charge >= 0.3 is 5.97 Å². The molecule has 2 N–H and O–H groups in total. The molecule has 2 aromatic heterocycles. The molecule has 0 bridgehead atoms. The quantitative estimate of drug-likeness (QED) is 0.693. The minimum absolute atomic E-state index is 0.0967. The Balaban J connectivity index is 1.98. The van der Waals surface area contributed by atoms with Crippen LogP contribution in [-0.2, 0) is 4.79 Å². The minimum atomic E-state index is -1.36. The highest BCUT2D eigenvalue weighted by atomic mass is 16.4. The first kappa shape index (κ1) is 18.5. The van der Waals surface area contributed by atoms with Crippen LogP contribution in [0.15, 0.2) is 36.5 Å². The molecule has 0 aliphatic carbocycles. The monoisotopic (exact) mass is 367 g/mol. The van der Waals surface area contributed by atoms with Crippen LogP contribution in [0.3, 0.4) is 0 Å². The van der Waals surface area contributed by atoms with Crippen LogP contribution in [0, 0.1) is 6.92 Å². The van der Waals surface area contributed by atoms with Crippen LogP contribution in [0.4, 0.5) is 0 Å². The Kier molecular flexibility index (Phi) is 4.89. The average Bonchev–Trinajstić information content (AvgIpc) is 3.02. The first-order valence-corrected chi connectivity index (χ1v) is 8.69. The van der Waals surface area contributed by atoms with E-state index in [4.69, 9.17) is 0 Å². The lowest BCUT2D eigenvalue weighted by atomic mass is 9.96. The van der Waals surface area contributed by atoms with Crippen LogP contribution >= 0.6 is 0 Å². The predicted octanol–water partition coefficient (Wildman–Crippen LogP) is 2.50. The minimum Gasteiger partial charge on any atom is -0.480 e. The van der Waals surface area contributed by atoms with Crippen molar-refractivity contribution in [2.75, 3.05) is 0 Å². The molecule has 3 rings (SSSR count). The number of aromatic nitrogens is 4. The zero-order valence-corrected chi connectivity index (χ0v) is 15.4. The normalized spacial score (nSPS) is 13.3. The van der Waals surface area contributed by atoms with Gasteiger partial charge in [-0.25, -0.2) is 9.48 Å². The summed E-state index contributed by atoms with van der Waals surface area (Å²) in [6.07, 6.45) is 2.65. The third kappa shape index (κ3) is 3.38. The fraction of sp³-hybridized carbons (Fsp3) is 0.316. The molecule has 1 aromatic carbocycles. The standard InChI is InChI=1S/C19H21N5O3/c1-4-10-19(3,18(26)27)21-17(25)16-12(2)24(23-22-16)15-9-5-8-14-13(15)7-6-11-20-14/h5-9,11H,4,10H2,1-3H3,(H,21,25)(H,26,27). The SMILES string of the molecule is CCCC(C)(NC(=O)c1nnn(-c2cccc3ncccc23)c1C)C(=O)O. The van der Waals surface area contributed by atoms with Crippen LogP contribution in [0.2, 0.25) is 0 Å². The highest BCUT2D eigenvalue weighted by molar-refractivity contribution is 5.97. The van der Waals surface area contributed by atoms with Gasteiger partial charge in [0.05, 0.1) is 16.9 Å². The summed E-state index contributed by atoms with van der Waals surface area (Å²) < 4.78 is 1.57. The van der Waals surface area contributed by atoms with E-state index in [1.807, 2.05) is 37.3 Å². The molecule has 0 fully saturated rings. The molecular weight excluding hydrogens is 346 g/mol. The van der Waals surface area contributed by atoms with Gasteiger partial charge in [-0.3, -0.25) is 9.78 Å². The summed E-state index contributed by atoms with van der Waals surface area (Å²) in [5.74, 6) is -1.64. The third-order valence-electron chi connectivity index (χ3n) is 4.57. The van der Waals surface area contributed by atoms with Crippen molar-refractivity contribution in [2.24, 2.45) is 0 Å². The molecule has 27 heavy (non-hydrogen) atoms. The Morgan fingerprint density at radius 2 is 2.04 bits per heavy atom. The molecule has 140 valence electrons. The number of amides is 1. The van der Waals surface area contributed by atoms with Gasteiger partial charge in [0.25, 0.3) is 5.91 Å². The largest absolute Gasteiger partial charge is 0.480 e. The van der Waals surface area contributed by atoms with Crippen molar-refractivity contribution >= 4 is 22.8 Å². The van der Waals surface area contributed by atoms with Gasteiger partial charge in [-0.1, -0.05) is 24.6 Å². The molecule has 0 saturated heterocycles. The third-order valence-corrected chi connectivity index (χ3v) is 4.57. The first-order chi connectivity index (χ1) is 12.9.